The Bertz CT molecular complexity index is 260. The average molecular weight is 226 g/mol. The summed E-state index contributed by atoms with van der Waals surface area (Å²) in [6.45, 7) is 1.20. The summed E-state index contributed by atoms with van der Waals surface area (Å²) >= 11 is 0. The highest BCUT2D eigenvalue weighted by molar-refractivity contribution is 5.66. The number of ether oxygens (including phenoxy) is 1. The van der Waals surface area contributed by atoms with Crippen LogP contribution in [-0.2, 0) is 14.3 Å². The molecule has 0 radical (unpaired) electrons. The van der Waals surface area contributed by atoms with Crippen molar-refractivity contribution in [2.45, 2.75) is 25.7 Å². The largest absolute Gasteiger partial charge is 0.481 e. The first-order valence-electron chi connectivity index (χ1n) is 5.64. The normalized spacial score (nSPS) is 25.0. The lowest BCUT2D eigenvalue weighted by atomic mass is 9.94. The Balaban J connectivity index is 2.11. The fourth-order valence-electron chi connectivity index (χ4n) is 1.77. The monoisotopic (exact) mass is 226 g/mol. The molecule has 90 valence electrons. The van der Waals surface area contributed by atoms with E-state index >= 15 is 0 Å². The zero-order chi connectivity index (χ0) is 11.8. The molecule has 2 atom stereocenters. The van der Waals surface area contributed by atoms with Gasteiger partial charge in [-0.2, -0.15) is 0 Å². The Morgan fingerprint density at radius 1 is 1.38 bits per heavy atom. The summed E-state index contributed by atoms with van der Waals surface area (Å²) in [5, 5.41) is 8.43. The SMILES string of the molecule is O=C[C@@H]1COC[C@@H]1CC=CCCCC(=O)O. The Labute approximate surface area is 95.3 Å². The molecule has 1 N–H and O–H groups in total. The first-order chi connectivity index (χ1) is 7.74. The van der Waals surface area contributed by atoms with Gasteiger partial charge in [-0.1, -0.05) is 12.2 Å². The van der Waals surface area contributed by atoms with Crippen molar-refractivity contribution in [1.82, 2.24) is 0 Å². The predicted octanol–water partition coefficient (Wildman–Crippen LogP) is 1.65. The lowest BCUT2D eigenvalue weighted by molar-refractivity contribution is -0.137. The number of allylic oxidation sites excluding steroid dienone is 2. The maximum Gasteiger partial charge on any atom is 0.303 e. The molecule has 0 saturated carbocycles. The first-order valence-corrected chi connectivity index (χ1v) is 5.64. The Hall–Kier alpha value is -1.16. The summed E-state index contributed by atoms with van der Waals surface area (Å²) in [7, 11) is 0. The molecule has 0 unspecified atom stereocenters. The molecule has 0 spiro atoms. The van der Waals surface area contributed by atoms with Gasteiger partial charge in [-0.15, -0.1) is 0 Å². The molecule has 4 nitrogen and oxygen atoms in total. The minimum Gasteiger partial charge on any atom is -0.481 e. The Morgan fingerprint density at radius 2 is 2.19 bits per heavy atom. The third kappa shape index (κ3) is 4.57. The van der Waals surface area contributed by atoms with Crippen LogP contribution in [-0.4, -0.2) is 30.6 Å². The molecule has 1 rings (SSSR count). The molecule has 1 aliphatic heterocycles. The molecule has 0 aromatic rings. The molecule has 1 saturated heterocycles. The van der Waals surface area contributed by atoms with E-state index in [1.807, 2.05) is 12.2 Å². The lowest BCUT2D eigenvalue weighted by Crippen LogP contribution is -2.12. The minimum absolute atomic E-state index is 0.0312. The van der Waals surface area contributed by atoms with Crippen LogP contribution in [0.25, 0.3) is 0 Å². The molecule has 0 aromatic carbocycles. The van der Waals surface area contributed by atoms with Gasteiger partial charge < -0.3 is 14.6 Å². The highest BCUT2D eigenvalue weighted by atomic mass is 16.5. The van der Waals surface area contributed by atoms with Crippen LogP contribution >= 0.6 is 0 Å². The number of carboxylic acids is 1. The molecule has 0 aliphatic carbocycles. The predicted molar refractivity (Wildman–Crippen MR) is 59.1 cm³/mol. The molecular formula is C12H18O4. The molecule has 1 heterocycles. The topological polar surface area (TPSA) is 63.6 Å². The van der Waals surface area contributed by atoms with Crippen molar-refractivity contribution in [3.8, 4) is 0 Å². The van der Waals surface area contributed by atoms with Crippen molar-refractivity contribution in [3.05, 3.63) is 12.2 Å². The van der Waals surface area contributed by atoms with E-state index in [9.17, 15) is 9.59 Å². The third-order valence-corrected chi connectivity index (χ3v) is 2.79. The Kier molecular flexibility index (Phi) is 5.78. The third-order valence-electron chi connectivity index (χ3n) is 2.79. The van der Waals surface area contributed by atoms with E-state index in [4.69, 9.17) is 9.84 Å². The smallest absolute Gasteiger partial charge is 0.303 e. The van der Waals surface area contributed by atoms with Gasteiger partial charge in [-0.05, 0) is 25.2 Å². The summed E-state index contributed by atoms with van der Waals surface area (Å²) in [4.78, 5) is 20.9. The molecule has 0 bridgehead atoms. The minimum atomic E-state index is -0.751. The van der Waals surface area contributed by atoms with Crippen molar-refractivity contribution in [3.63, 3.8) is 0 Å². The second-order valence-corrected chi connectivity index (χ2v) is 4.09. The van der Waals surface area contributed by atoms with Crippen LogP contribution in [0, 0.1) is 11.8 Å². The summed E-state index contributed by atoms with van der Waals surface area (Å²) in [6, 6.07) is 0. The van der Waals surface area contributed by atoms with E-state index in [1.165, 1.54) is 0 Å². The van der Waals surface area contributed by atoms with Gasteiger partial charge in [0, 0.05) is 12.3 Å². The average Bonchev–Trinajstić information content (AvgIpc) is 2.70. The second-order valence-electron chi connectivity index (χ2n) is 4.09. The highest BCUT2D eigenvalue weighted by Crippen LogP contribution is 2.22. The maximum absolute atomic E-state index is 10.7. The number of rotatable bonds is 7. The fraction of sp³-hybridized carbons (Fsp3) is 0.667. The summed E-state index contributed by atoms with van der Waals surface area (Å²) in [5.74, 6) is -0.421. The van der Waals surface area contributed by atoms with Crippen LogP contribution in [0.5, 0.6) is 0 Å². The number of aliphatic carboxylic acids is 1. The van der Waals surface area contributed by atoms with Crippen molar-refractivity contribution in [1.29, 1.82) is 0 Å². The number of carboxylic acid groups (broad SMARTS) is 1. The number of hydrogen-bond donors (Lipinski definition) is 1. The van der Waals surface area contributed by atoms with Gasteiger partial charge in [-0.25, -0.2) is 0 Å². The van der Waals surface area contributed by atoms with Crippen molar-refractivity contribution >= 4 is 12.3 Å². The van der Waals surface area contributed by atoms with Crippen molar-refractivity contribution < 1.29 is 19.4 Å². The van der Waals surface area contributed by atoms with Crippen LogP contribution in [0.1, 0.15) is 25.7 Å². The summed E-state index contributed by atoms with van der Waals surface area (Å²) in [6.07, 6.45) is 7.50. The molecule has 1 fully saturated rings. The van der Waals surface area contributed by atoms with Crippen LogP contribution in [0.4, 0.5) is 0 Å². The summed E-state index contributed by atoms with van der Waals surface area (Å²) in [5.41, 5.74) is 0. The maximum atomic E-state index is 10.7. The number of carbonyl (C=O) groups is 2. The number of unbranched alkanes of at least 4 members (excludes halogenated alkanes) is 1. The van der Waals surface area contributed by atoms with Crippen LogP contribution in [0.2, 0.25) is 0 Å². The van der Waals surface area contributed by atoms with E-state index in [2.05, 4.69) is 0 Å². The second kappa shape index (κ2) is 7.17. The van der Waals surface area contributed by atoms with Crippen LogP contribution in [0.15, 0.2) is 12.2 Å². The van der Waals surface area contributed by atoms with Crippen molar-refractivity contribution in [2.24, 2.45) is 11.8 Å². The van der Waals surface area contributed by atoms with Gasteiger partial charge in [0.2, 0.25) is 0 Å². The van der Waals surface area contributed by atoms with Gasteiger partial charge in [-0.3, -0.25) is 4.79 Å². The Morgan fingerprint density at radius 3 is 2.88 bits per heavy atom. The van der Waals surface area contributed by atoms with Gasteiger partial charge in [0.05, 0.1) is 13.2 Å². The first kappa shape index (κ1) is 12.9. The molecule has 1 aliphatic rings. The van der Waals surface area contributed by atoms with Gasteiger partial charge in [0.15, 0.2) is 0 Å². The molecule has 0 amide bonds. The van der Waals surface area contributed by atoms with E-state index in [1.54, 1.807) is 0 Å². The van der Waals surface area contributed by atoms with Gasteiger partial charge >= 0.3 is 5.97 Å². The zero-order valence-electron chi connectivity index (χ0n) is 9.30. The lowest BCUT2D eigenvalue weighted by Gasteiger charge is -2.07. The number of carbonyl (C=O) groups excluding carboxylic acids is 1. The number of aldehydes is 1. The molecular weight excluding hydrogens is 208 g/mol. The van der Waals surface area contributed by atoms with Gasteiger partial charge in [0.25, 0.3) is 0 Å². The molecule has 4 heteroatoms. The standard InChI is InChI=1S/C12H18O4/c13-7-11-9-16-8-10(11)5-3-1-2-4-6-12(14)15/h1,3,7,10-11H,2,4-6,8-9H2,(H,14,15)/t10-,11+/m0/s1. The number of hydrogen-bond acceptors (Lipinski definition) is 3. The quantitative estimate of drug-likeness (QED) is 0.407. The van der Waals surface area contributed by atoms with E-state index in [0.717, 1.165) is 19.1 Å². The van der Waals surface area contributed by atoms with Crippen LogP contribution < -0.4 is 0 Å². The van der Waals surface area contributed by atoms with E-state index in [-0.39, 0.29) is 12.3 Å². The molecule has 0 aromatic heterocycles. The van der Waals surface area contributed by atoms with E-state index < -0.39 is 5.97 Å². The summed E-state index contributed by atoms with van der Waals surface area (Å²) < 4.78 is 5.23. The van der Waals surface area contributed by atoms with Crippen LogP contribution in [0.3, 0.4) is 0 Å². The fourth-order valence-corrected chi connectivity index (χ4v) is 1.77. The molecule has 16 heavy (non-hydrogen) atoms. The van der Waals surface area contributed by atoms with E-state index in [0.29, 0.717) is 25.6 Å². The highest BCUT2D eigenvalue weighted by Gasteiger charge is 2.26. The zero-order valence-corrected chi connectivity index (χ0v) is 9.30. The van der Waals surface area contributed by atoms with Gasteiger partial charge in [0.1, 0.15) is 6.29 Å². The van der Waals surface area contributed by atoms with Crippen molar-refractivity contribution in [2.75, 3.05) is 13.2 Å².